The molecule has 4 rings (SSSR count). The number of hydrogen-bond acceptors (Lipinski definition) is 5. The molecule has 1 saturated heterocycles. The summed E-state index contributed by atoms with van der Waals surface area (Å²) < 4.78 is 5.84. The van der Waals surface area contributed by atoms with E-state index < -0.39 is 17.7 Å². The van der Waals surface area contributed by atoms with E-state index in [1.165, 1.54) is 4.90 Å². The Labute approximate surface area is 199 Å². The molecule has 0 radical (unpaired) electrons. The monoisotopic (exact) mass is 456 g/mol. The Kier molecular flexibility index (Phi) is 6.77. The summed E-state index contributed by atoms with van der Waals surface area (Å²) in [4.78, 5) is 31.9. The van der Waals surface area contributed by atoms with Gasteiger partial charge in [0.2, 0.25) is 0 Å². The summed E-state index contributed by atoms with van der Waals surface area (Å²) in [5.41, 5.74) is 2.93. The predicted octanol–water partition coefficient (Wildman–Crippen LogP) is 5.05. The zero-order chi connectivity index (χ0) is 24.2. The predicted molar refractivity (Wildman–Crippen MR) is 130 cm³/mol. The molecule has 174 valence electrons. The van der Waals surface area contributed by atoms with E-state index in [0.717, 1.165) is 22.4 Å². The summed E-state index contributed by atoms with van der Waals surface area (Å²) in [5.74, 6) is -0.434. The van der Waals surface area contributed by atoms with Gasteiger partial charge in [-0.3, -0.25) is 14.6 Å². The number of benzene rings is 2. The number of likely N-dealkylation sites (tertiary alicyclic amines) is 1. The lowest BCUT2D eigenvalue weighted by Crippen LogP contribution is -2.29. The smallest absolute Gasteiger partial charge is 0.295 e. The maximum atomic E-state index is 13.2. The van der Waals surface area contributed by atoms with Gasteiger partial charge in [0, 0.05) is 24.5 Å². The van der Waals surface area contributed by atoms with Gasteiger partial charge in [0.1, 0.15) is 11.5 Å². The summed E-state index contributed by atoms with van der Waals surface area (Å²) in [6.07, 6.45) is 3.32. The number of carbonyl (C=O) groups excluding carboxylic acids is 2. The Morgan fingerprint density at radius 2 is 1.85 bits per heavy atom. The molecule has 6 heteroatoms. The Bertz CT molecular complexity index is 1220. The molecule has 34 heavy (non-hydrogen) atoms. The molecule has 1 atom stereocenters. The van der Waals surface area contributed by atoms with Crippen LogP contribution in [0.1, 0.15) is 42.1 Å². The van der Waals surface area contributed by atoms with E-state index in [0.29, 0.717) is 18.1 Å². The molecule has 0 unspecified atom stereocenters. The lowest BCUT2D eigenvalue weighted by molar-refractivity contribution is -0.140. The van der Waals surface area contributed by atoms with Crippen molar-refractivity contribution in [3.05, 3.63) is 101 Å². The van der Waals surface area contributed by atoms with Crippen molar-refractivity contribution in [1.82, 2.24) is 9.88 Å². The molecular formula is C28H28N2O4. The standard InChI is InChI=1S/C28H28N2O4/c1-18(2)17-34-23-12-11-22(14-19(23)3)26(31)24-25(21-9-5-4-6-10-21)30(28(33)27(24)32)16-20-8-7-13-29-15-20/h4-15,18,25,31H,16-17H2,1-3H3/b26-24+/t25-/m1/s1. The molecular weight excluding hydrogens is 428 g/mol. The van der Waals surface area contributed by atoms with Crippen molar-refractivity contribution < 1.29 is 19.4 Å². The number of aromatic nitrogens is 1. The zero-order valence-electron chi connectivity index (χ0n) is 19.6. The SMILES string of the molecule is Cc1cc(/C(O)=C2\C(=O)C(=O)N(Cc3cccnc3)[C@@H]2c2ccccc2)ccc1OCC(C)C. The van der Waals surface area contributed by atoms with Gasteiger partial charge in [-0.15, -0.1) is 0 Å². The summed E-state index contributed by atoms with van der Waals surface area (Å²) >= 11 is 0. The second-order valence-electron chi connectivity index (χ2n) is 8.88. The Balaban J connectivity index is 1.77. The van der Waals surface area contributed by atoms with Gasteiger partial charge in [-0.05, 0) is 53.8 Å². The molecule has 2 heterocycles. The highest BCUT2D eigenvalue weighted by molar-refractivity contribution is 6.46. The zero-order valence-corrected chi connectivity index (χ0v) is 19.6. The minimum Gasteiger partial charge on any atom is -0.507 e. The van der Waals surface area contributed by atoms with Gasteiger partial charge in [-0.25, -0.2) is 0 Å². The summed E-state index contributed by atoms with van der Waals surface area (Å²) in [5, 5.41) is 11.3. The minimum atomic E-state index is -0.710. The lowest BCUT2D eigenvalue weighted by atomic mass is 9.94. The first-order valence-corrected chi connectivity index (χ1v) is 11.3. The maximum Gasteiger partial charge on any atom is 0.295 e. The molecule has 0 saturated carbocycles. The fourth-order valence-corrected chi connectivity index (χ4v) is 4.08. The van der Waals surface area contributed by atoms with Crippen LogP contribution in [0.4, 0.5) is 0 Å². The van der Waals surface area contributed by atoms with E-state index in [1.807, 2.05) is 43.3 Å². The minimum absolute atomic E-state index is 0.0790. The molecule has 2 aromatic carbocycles. The van der Waals surface area contributed by atoms with Gasteiger partial charge in [-0.2, -0.15) is 0 Å². The number of hydrogen-bond donors (Lipinski definition) is 1. The van der Waals surface area contributed by atoms with Crippen LogP contribution in [-0.2, 0) is 16.1 Å². The van der Waals surface area contributed by atoms with Crippen LogP contribution in [0.3, 0.4) is 0 Å². The van der Waals surface area contributed by atoms with Crippen molar-refractivity contribution in [2.45, 2.75) is 33.4 Å². The summed E-state index contributed by atoms with van der Waals surface area (Å²) in [6, 6.07) is 17.5. The quantitative estimate of drug-likeness (QED) is 0.306. The van der Waals surface area contributed by atoms with Crippen molar-refractivity contribution in [2.24, 2.45) is 5.92 Å². The van der Waals surface area contributed by atoms with E-state index in [9.17, 15) is 14.7 Å². The molecule has 1 aromatic heterocycles. The second-order valence-corrected chi connectivity index (χ2v) is 8.88. The molecule has 6 nitrogen and oxygen atoms in total. The van der Waals surface area contributed by atoms with Gasteiger partial charge in [-0.1, -0.05) is 50.2 Å². The van der Waals surface area contributed by atoms with Crippen molar-refractivity contribution in [3.8, 4) is 5.75 Å². The number of pyridine rings is 1. The number of carbonyl (C=O) groups is 2. The number of ether oxygens (including phenoxy) is 1. The van der Waals surface area contributed by atoms with Crippen LogP contribution in [0.25, 0.3) is 5.76 Å². The first-order valence-electron chi connectivity index (χ1n) is 11.3. The van der Waals surface area contributed by atoms with Crippen LogP contribution >= 0.6 is 0 Å². The highest BCUT2D eigenvalue weighted by Crippen LogP contribution is 2.40. The van der Waals surface area contributed by atoms with Crippen molar-refractivity contribution in [2.75, 3.05) is 6.61 Å². The Hall–Kier alpha value is -3.93. The van der Waals surface area contributed by atoms with Crippen LogP contribution < -0.4 is 4.74 Å². The number of ketones is 1. The highest BCUT2D eigenvalue weighted by atomic mass is 16.5. The first kappa shape index (κ1) is 23.2. The normalized spacial score (nSPS) is 17.4. The number of aliphatic hydroxyl groups excluding tert-OH is 1. The van der Waals surface area contributed by atoms with Gasteiger partial charge in [0.15, 0.2) is 0 Å². The molecule has 3 aromatic rings. The van der Waals surface area contributed by atoms with Gasteiger partial charge < -0.3 is 14.7 Å². The van der Waals surface area contributed by atoms with Crippen molar-refractivity contribution in [3.63, 3.8) is 0 Å². The molecule has 0 spiro atoms. The van der Waals surface area contributed by atoms with Crippen LogP contribution in [0.2, 0.25) is 0 Å². The average molecular weight is 457 g/mol. The van der Waals surface area contributed by atoms with Gasteiger partial charge in [0.25, 0.3) is 11.7 Å². The van der Waals surface area contributed by atoms with Crippen LogP contribution in [0.5, 0.6) is 5.75 Å². The third-order valence-corrected chi connectivity index (χ3v) is 5.75. The van der Waals surface area contributed by atoms with Crippen molar-refractivity contribution >= 4 is 17.4 Å². The number of aliphatic hydroxyl groups is 1. The number of nitrogens with zero attached hydrogens (tertiary/aromatic N) is 2. The third-order valence-electron chi connectivity index (χ3n) is 5.75. The highest BCUT2D eigenvalue weighted by Gasteiger charge is 2.46. The third kappa shape index (κ3) is 4.71. The van der Waals surface area contributed by atoms with E-state index in [2.05, 4.69) is 18.8 Å². The van der Waals surface area contributed by atoms with E-state index >= 15 is 0 Å². The maximum absolute atomic E-state index is 13.2. The van der Waals surface area contributed by atoms with Crippen molar-refractivity contribution in [1.29, 1.82) is 0 Å². The molecule has 0 aliphatic carbocycles. The fraction of sp³-hybridized carbons (Fsp3) is 0.250. The van der Waals surface area contributed by atoms with Gasteiger partial charge in [0.05, 0.1) is 18.2 Å². The molecule has 1 aliphatic heterocycles. The second kappa shape index (κ2) is 9.91. The van der Waals surface area contributed by atoms with Crippen LogP contribution in [0.15, 0.2) is 78.6 Å². The van der Waals surface area contributed by atoms with Crippen LogP contribution in [0, 0.1) is 12.8 Å². The van der Waals surface area contributed by atoms with Crippen LogP contribution in [-0.4, -0.2) is 33.3 Å². The first-order chi connectivity index (χ1) is 16.4. The molecule has 1 amide bonds. The number of Topliss-reactive ketones (excluding diaryl/α,β-unsaturated/α-hetero) is 1. The largest absolute Gasteiger partial charge is 0.507 e. The molecule has 1 fully saturated rings. The molecule has 1 N–H and O–H groups in total. The molecule has 1 aliphatic rings. The average Bonchev–Trinajstić information content (AvgIpc) is 3.09. The number of aryl methyl sites for hydroxylation is 1. The molecule has 0 bridgehead atoms. The topological polar surface area (TPSA) is 79.7 Å². The van der Waals surface area contributed by atoms with E-state index in [4.69, 9.17) is 4.74 Å². The van der Waals surface area contributed by atoms with E-state index in [1.54, 1.807) is 36.7 Å². The number of amides is 1. The number of rotatable bonds is 7. The van der Waals surface area contributed by atoms with Gasteiger partial charge >= 0.3 is 0 Å². The Morgan fingerprint density at radius 3 is 2.50 bits per heavy atom. The van der Waals surface area contributed by atoms with E-state index in [-0.39, 0.29) is 17.9 Å². The lowest BCUT2D eigenvalue weighted by Gasteiger charge is -2.25. The Morgan fingerprint density at radius 1 is 1.09 bits per heavy atom. The summed E-state index contributed by atoms with van der Waals surface area (Å²) in [7, 11) is 0. The fourth-order valence-electron chi connectivity index (χ4n) is 4.08. The summed E-state index contributed by atoms with van der Waals surface area (Å²) in [6.45, 7) is 6.82.